The molecule has 0 aromatic carbocycles. The highest BCUT2D eigenvalue weighted by Gasteiger charge is 2.29. The number of fused-ring (bicyclic) bond motifs is 3. The lowest BCUT2D eigenvalue weighted by molar-refractivity contribution is 0.436. The van der Waals surface area contributed by atoms with Crippen molar-refractivity contribution in [1.29, 1.82) is 0 Å². The summed E-state index contributed by atoms with van der Waals surface area (Å²) in [5, 5.41) is 8.17. The monoisotopic (exact) mass is 288 g/mol. The molecule has 1 N–H and O–H groups in total. The summed E-state index contributed by atoms with van der Waals surface area (Å²) in [6, 6.07) is 4.08. The van der Waals surface area contributed by atoms with Crippen LogP contribution in [0.4, 0.5) is 0 Å². The Kier molecular flexibility index (Phi) is 2.68. The molecule has 0 saturated carbocycles. The van der Waals surface area contributed by atoms with E-state index in [1.54, 1.807) is 17.6 Å². The summed E-state index contributed by atoms with van der Waals surface area (Å²) in [5.41, 5.74) is 1.27. The third-order valence-corrected chi connectivity index (χ3v) is 4.79. The minimum absolute atomic E-state index is 0.129. The Bertz CT molecular complexity index is 741. The zero-order valence-electron chi connectivity index (χ0n) is 11.5. The van der Waals surface area contributed by atoms with E-state index in [-0.39, 0.29) is 6.04 Å². The largest absolute Gasteiger partial charge is 0.467 e. The van der Waals surface area contributed by atoms with Crippen LogP contribution in [-0.2, 0) is 6.42 Å². The first-order chi connectivity index (χ1) is 9.74. The van der Waals surface area contributed by atoms with Crippen LogP contribution in [0.5, 0.6) is 0 Å². The first-order valence-corrected chi connectivity index (χ1v) is 7.70. The van der Waals surface area contributed by atoms with Crippen LogP contribution in [0.15, 0.2) is 22.8 Å². The topological polar surface area (TPSA) is 55.4 Å². The SMILES string of the molecule is CC(C)c1nc2sc3c(n2n1)CCNC3c1ccco1. The Morgan fingerprint density at radius 3 is 3.15 bits per heavy atom. The van der Waals surface area contributed by atoms with E-state index in [2.05, 4.69) is 29.2 Å². The highest BCUT2D eigenvalue weighted by molar-refractivity contribution is 7.17. The van der Waals surface area contributed by atoms with Gasteiger partial charge in [-0.05, 0) is 12.1 Å². The van der Waals surface area contributed by atoms with Gasteiger partial charge < -0.3 is 9.73 Å². The zero-order chi connectivity index (χ0) is 13.7. The second kappa shape index (κ2) is 4.43. The Hall–Kier alpha value is -1.66. The van der Waals surface area contributed by atoms with Gasteiger partial charge in [0.2, 0.25) is 4.96 Å². The standard InChI is InChI=1S/C14H16N4OS/c1-8(2)13-16-14-18(17-13)9-5-6-15-11(12(9)20-14)10-4-3-7-19-10/h3-4,7-8,11,15H,5-6H2,1-2H3. The summed E-state index contributed by atoms with van der Waals surface area (Å²) in [6.07, 6.45) is 2.70. The Balaban J connectivity index is 1.85. The highest BCUT2D eigenvalue weighted by Crippen LogP contribution is 2.35. The fourth-order valence-electron chi connectivity index (χ4n) is 2.63. The number of furan rings is 1. The van der Waals surface area contributed by atoms with Gasteiger partial charge in [0.1, 0.15) is 11.8 Å². The molecule has 4 rings (SSSR count). The van der Waals surface area contributed by atoms with Crippen molar-refractivity contribution in [2.45, 2.75) is 32.2 Å². The first-order valence-electron chi connectivity index (χ1n) is 6.89. The van der Waals surface area contributed by atoms with Crippen LogP contribution in [0.2, 0.25) is 0 Å². The maximum Gasteiger partial charge on any atom is 0.212 e. The molecule has 1 aliphatic heterocycles. The third-order valence-electron chi connectivity index (χ3n) is 3.65. The van der Waals surface area contributed by atoms with Crippen LogP contribution in [0.25, 0.3) is 4.96 Å². The van der Waals surface area contributed by atoms with Gasteiger partial charge >= 0.3 is 0 Å². The molecule has 0 spiro atoms. The van der Waals surface area contributed by atoms with E-state index in [1.165, 1.54) is 10.6 Å². The van der Waals surface area contributed by atoms with Gasteiger partial charge in [-0.2, -0.15) is 5.10 Å². The van der Waals surface area contributed by atoms with Gasteiger partial charge in [-0.15, -0.1) is 0 Å². The molecule has 20 heavy (non-hydrogen) atoms. The number of rotatable bonds is 2. The molecule has 5 nitrogen and oxygen atoms in total. The van der Waals surface area contributed by atoms with Crippen LogP contribution in [0.3, 0.4) is 0 Å². The molecule has 3 aromatic heterocycles. The number of hydrogen-bond acceptors (Lipinski definition) is 5. The van der Waals surface area contributed by atoms with Crippen LogP contribution in [-0.4, -0.2) is 21.1 Å². The maximum absolute atomic E-state index is 5.56. The lowest BCUT2D eigenvalue weighted by Crippen LogP contribution is -2.30. The molecule has 1 unspecified atom stereocenters. The van der Waals surface area contributed by atoms with E-state index in [4.69, 9.17) is 4.42 Å². The van der Waals surface area contributed by atoms with Crippen LogP contribution in [0.1, 0.15) is 48.0 Å². The quantitative estimate of drug-likeness (QED) is 0.788. The van der Waals surface area contributed by atoms with Gasteiger partial charge in [0, 0.05) is 18.9 Å². The molecule has 0 saturated heterocycles. The summed E-state index contributed by atoms with van der Waals surface area (Å²) in [5.74, 6) is 2.24. The molecule has 0 amide bonds. The van der Waals surface area contributed by atoms with E-state index in [0.717, 1.165) is 29.5 Å². The van der Waals surface area contributed by atoms with Crippen molar-refractivity contribution in [3.8, 4) is 0 Å². The highest BCUT2D eigenvalue weighted by atomic mass is 32.1. The van der Waals surface area contributed by atoms with Crippen molar-refractivity contribution in [3.63, 3.8) is 0 Å². The normalized spacial score (nSPS) is 18.9. The van der Waals surface area contributed by atoms with Crippen molar-refractivity contribution >= 4 is 16.3 Å². The molecular formula is C14H16N4OS. The lowest BCUT2D eigenvalue weighted by Gasteiger charge is -2.21. The minimum atomic E-state index is 0.129. The van der Waals surface area contributed by atoms with Gasteiger partial charge in [-0.1, -0.05) is 25.2 Å². The van der Waals surface area contributed by atoms with Gasteiger partial charge in [0.25, 0.3) is 0 Å². The van der Waals surface area contributed by atoms with Crippen molar-refractivity contribution < 1.29 is 4.42 Å². The predicted octanol–water partition coefficient (Wildman–Crippen LogP) is 2.74. The first kappa shape index (κ1) is 12.1. The van der Waals surface area contributed by atoms with Crippen molar-refractivity contribution in [3.05, 3.63) is 40.6 Å². The fraction of sp³-hybridized carbons (Fsp3) is 0.429. The summed E-state index contributed by atoms with van der Waals surface area (Å²) < 4.78 is 7.58. The smallest absolute Gasteiger partial charge is 0.212 e. The molecule has 6 heteroatoms. The Morgan fingerprint density at radius 1 is 1.50 bits per heavy atom. The summed E-state index contributed by atoms with van der Waals surface area (Å²) in [6.45, 7) is 5.18. The minimum Gasteiger partial charge on any atom is -0.467 e. The average molecular weight is 288 g/mol. The number of hydrogen-bond donors (Lipinski definition) is 1. The molecule has 0 fully saturated rings. The lowest BCUT2D eigenvalue weighted by atomic mass is 10.1. The van der Waals surface area contributed by atoms with Crippen molar-refractivity contribution in [2.24, 2.45) is 0 Å². The summed E-state index contributed by atoms with van der Waals surface area (Å²) in [7, 11) is 0. The molecule has 0 radical (unpaired) electrons. The number of nitrogens with zero attached hydrogens (tertiary/aromatic N) is 3. The molecule has 4 heterocycles. The zero-order valence-corrected chi connectivity index (χ0v) is 12.3. The van der Waals surface area contributed by atoms with Crippen LogP contribution >= 0.6 is 11.3 Å². The average Bonchev–Trinajstić information content (AvgIpc) is 3.13. The second-order valence-corrected chi connectivity index (χ2v) is 6.39. The van der Waals surface area contributed by atoms with E-state index >= 15 is 0 Å². The molecule has 0 aliphatic carbocycles. The van der Waals surface area contributed by atoms with Crippen molar-refractivity contribution in [1.82, 2.24) is 19.9 Å². The Labute approximate surface area is 120 Å². The third kappa shape index (κ3) is 1.72. The van der Waals surface area contributed by atoms with Gasteiger partial charge in [-0.25, -0.2) is 9.50 Å². The molecule has 0 bridgehead atoms. The number of nitrogens with one attached hydrogen (secondary N) is 1. The molecule has 1 aliphatic rings. The fourth-order valence-corrected chi connectivity index (χ4v) is 3.83. The van der Waals surface area contributed by atoms with Crippen molar-refractivity contribution in [2.75, 3.05) is 6.54 Å². The van der Waals surface area contributed by atoms with Crippen LogP contribution in [0, 0.1) is 0 Å². The Morgan fingerprint density at radius 2 is 2.40 bits per heavy atom. The second-order valence-electron chi connectivity index (χ2n) is 5.38. The number of thiazole rings is 1. The molecule has 104 valence electrons. The van der Waals surface area contributed by atoms with E-state index < -0.39 is 0 Å². The van der Waals surface area contributed by atoms with Gasteiger partial charge in [0.15, 0.2) is 5.82 Å². The molecular weight excluding hydrogens is 272 g/mol. The maximum atomic E-state index is 5.56. The van der Waals surface area contributed by atoms with E-state index in [1.807, 2.05) is 16.6 Å². The molecule has 3 aromatic rings. The van der Waals surface area contributed by atoms with E-state index in [0.29, 0.717) is 5.92 Å². The summed E-state index contributed by atoms with van der Waals surface area (Å²) >= 11 is 1.71. The van der Waals surface area contributed by atoms with E-state index in [9.17, 15) is 0 Å². The van der Waals surface area contributed by atoms with Gasteiger partial charge in [-0.3, -0.25) is 0 Å². The van der Waals surface area contributed by atoms with Gasteiger partial charge in [0.05, 0.1) is 16.8 Å². The molecule has 1 atom stereocenters. The number of aromatic nitrogens is 3. The predicted molar refractivity (Wildman–Crippen MR) is 77.2 cm³/mol. The summed E-state index contributed by atoms with van der Waals surface area (Å²) in [4.78, 5) is 6.90. The van der Waals surface area contributed by atoms with Crippen LogP contribution < -0.4 is 5.32 Å².